The molecule has 88 valence electrons. The molecule has 1 heterocycles. The summed E-state index contributed by atoms with van der Waals surface area (Å²) >= 11 is 0. The maximum atomic E-state index is 13.2. The summed E-state index contributed by atoms with van der Waals surface area (Å²) in [5.41, 5.74) is 1.71. The Kier molecular flexibility index (Phi) is 3.35. The van der Waals surface area contributed by atoms with E-state index in [1.807, 2.05) is 12.1 Å². The van der Waals surface area contributed by atoms with Gasteiger partial charge in [-0.2, -0.15) is 0 Å². The van der Waals surface area contributed by atoms with Gasteiger partial charge in [0.05, 0.1) is 25.6 Å². The maximum Gasteiger partial charge on any atom is 0.147 e. The summed E-state index contributed by atoms with van der Waals surface area (Å²) in [6.45, 7) is -0.336. The third-order valence-corrected chi connectivity index (χ3v) is 2.49. The van der Waals surface area contributed by atoms with Crippen LogP contribution in [0.5, 0.6) is 5.75 Å². The van der Waals surface area contributed by atoms with Crippen LogP contribution in [0.4, 0.5) is 4.39 Å². The Balaban J connectivity index is 2.38. The zero-order valence-corrected chi connectivity index (χ0v) is 9.35. The van der Waals surface area contributed by atoms with Crippen LogP contribution in [-0.2, 0) is 6.61 Å². The molecular weight excluding hydrogens is 221 g/mol. The second kappa shape index (κ2) is 4.93. The van der Waals surface area contributed by atoms with Gasteiger partial charge in [-0.25, -0.2) is 4.39 Å². The van der Waals surface area contributed by atoms with Gasteiger partial charge >= 0.3 is 0 Å². The molecule has 17 heavy (non-hydrogen) atoms. The molecule has 2 rings (SSSR count). The lowest BCUT2D eigenvalue weighted by Gasteiger charge is -2.05. The average Bonchev–Trinajstić information content (AvgIpc) is 2.39. The quantitative estimate of drug-likeness (QED) is 0.885. The smallest absolute Gasteiger partial charge is 0.147 e. The van der Waals surface area contributed by atoms with Gasteiger partial charge in [-0.05, 0) is 30.3 Å². The van der Waals surface area contributed by atoms with Crippen LogP contribution in [0.25, 0.3) is 11.3 Å². The summed E-state index contributed by atoms with van der Waals surface area (Å²) < 4.78 is 18.2. The summed E-state index contributed by atoms with van der Waals surface area (Å²) in [5.74, 6) is 0.253. The van der Waals surface area contributed by atoms with Crippen LogP contribution in [0.1, 0.15) is 5.56 Å². The summed E-state index contributed by atoms with van der Waals surface area (Å²) in [7, 11) is 1.59. The van der Waals surface area contributed by atoms with Crippen LogP contribution in [-0.4, -0.2) is 17.2 Å². The second-order valence-corrected chi connectivity index (χ2v) is 3.55. The molecule has 4 heteroatoms. The number of aromatic nitrogens is 1. The average molecular weight is 233 g/mol. The first-order valence-electron chi connectivity index (χ1n) is 5.14. The molecular formula is C13H12FNO2. The number of methoxy groups -OCH3 is 1. The molecule has 0 unspecified atom stereocenters. The molecule has 0 amide bonds. The normalized spacial score (nSPS) is 10.3. The lowest BCUT2D eigenvalue weighted by Crippen LogP contribution is -1.93. The van der Waals surface area contributed by atoms with E-state index >= 15 is 0 Å². The molecule has 3 nitrogen and oxygen atoms in total. The number of pyridine rings is 1. The number of rotatable bonds is 3. The first-order chi connectivity index (χ1) is 8.24. The minimum atomic E-state index is -0.496. The van der Waals surface area contributed by atoms with Gasteiger partial charge in [-0.3, -0.25) is 4.98 Å². The fourth-order valence-electron chi connectivity index (χ4n) is 1.52. The fraction of sp³-hybridized carbons (Fsp3) is 0.154. The van der Waals surface area contributed by atoms with Gasteiger partial charge in [0.2, 0.25) is 0 Å². The third kappa shape index (κ3) is 2.42. The topological polar surface area (TPSA) is 42.4 Å². The number of aliphatic hydroxyl groups excluding tert-OH is 1. The summed E-state index contributed by atoms with van der Waals surface area (Å²) in [6, 6.07) is 8.82. The monoisotopic (exact) mass is 233 g/mol. The van der Waals surface area contributed by atoms with E-state index in [4.69, 9.17) is 9.84 Å². The molecule has 0 aliphatic heterocycles. The van der Waals surface area contributed by atoms with Crippen LogP contribution in [0.15, 0.2) is 36.5 Å². The Labute approximate surface area is 98.5 Å². The molecule has 0 radical (unpaired) electrons. The number of hydrogen-bond acceptors (Lipinski definition) is 3. The molecule has 0 saturated carbocycles. The molecule has 0 bridgehead atoms. The molecule has 0 saturated heterocycles. The number of hydrogen-bond donors (Lipinski definition) is 1. The van der Waals surface area contributed by atoms with Crippen LogP contribution < -0.4 is 4.74 Å². The van der Waals surface area contributed by atoms with E-state index in [-0.39, 0.29) is 12.2 Å². The van der Waals surface area contributed by atoms with Gasteiger partial charge in [-0.15, -0.1) is 0 Å². The Morgan fingerprint density at radius 2 is 2.00 bits per heavy atom. The Morgan fingerprint density at radius 3 is 2.59 bits per heavy atom. The lowest BCUT2D eigenvalue weighted by molar-refractivity contribution is 0.275. The lowest BCUT2D eigenvalue weighted by atomic mass is 10.1. The maximum absolute atomic E-state index is 13.2. The number of nitrogens with zero attached hydrogens (tertiary/aromatic N) is 1. The number of halogens is 1. The highest BCUT2D eigenvalue weighted by atomic mass is 19.1. The Hall–Kier alpha value is -1.94. The fourth-order valence-corrected chi connectivity index (χ4v) is 1.52. The van der Waals surface area contributed by atoms with Crippen LogP contribution in [0, 0.1) is 5.82 Å². The molecule has 1 aromatic heterocycles. The van der Waals surface area contributed by atoms with E-state index in [2.05, 4.69) is 4.98 Å². The van der Waals surface area contributed by atoms with Crippen molar-refractivity contribution in [2.75, 3.05) is 7.11 Å². The largest absolute Gasteiger partial charge is 0.497 e. The highest BCUT2D eigenvalue weighted by Gasteiger charge is 2.05. The van der Waals surface area contributed by atoms with Gasteiger partial charge in [0.25, 0.3) is 0 Å². The van der Waals surface area contributed by atoms with E-state index in [0.717, 1.165) is 17.5 Å². The van der Waals surface area contributed by atoms with E-state index < -0.39 is 5.82 Å². The predicted octanol–water partition coefficient (Wildman–Crippen LogP) is 2.39. The van der Waals surface area contributed by atoms with Gasteiger partial charge in [0, 0.05) is 11.1 Å². The number of benzene rings is 1. The van der Waals surface area contributed by atoms with Crippen molar-refractivity contribution in [3.05, 3.63) is 47.9 Å². The summed E-state index contributed by atoms with van der Waals surface area (Å²) in [6.07, 6.45) is 1.12. The van der Waals surface area contributed by atoms with Crippen molar-refractivity contribution in [1.29, 1.82) is 0 Å². The van der Waals surface area contributed by atoms with Gasteiger partial charge < -0.3 is 9.84 Å². The molecule has 1 aromatic carbocycles. The summed E-state index contributed by atoms with van der Waals surface area (Å²) in [4.78, 5) is 3.99. The molecule has 0 aliphatic carbocycles. The van der Waals surface area contributed by atoms with Crippen molar-refractivity contribution < 1.29 is 14.2 Å². The van der Waals surface area contributed by atoms with Crippen LogP contribution >= 0.6 is 0 Å². The van der Waals surface area contributed by atoms with Crippen molar-refractivity contribution in [3.63, 3.8) is 0 Å². The standard InChI is InChI=1S/C13H12FNO2/c1-17-11-4-2-9(3-5-11)13-6-10(8-16)12(14)7-15-13/h2-7,16H,8H2,1H3. The van der Waals surface area contributed by atoms with Crippen LogP contribution in [0.2, 0.25) is 0 Å². The van der Waals surface area contributed by atoms with E-state index in [0.29, 0.717) is 5.69 Å². The van der Waals surface area contributed by atoms with E-state index in [9.17, 15) is 4.39 Å². The summed E-state index contributed by atoms with van der Waals surface area (Å²) in [5, 5.41) is 8.98. The molecule has 0 atom stereocenters. The number of ether oxygens (including phenoxy) is 1. The van der Waals surface area contributed by atoms with Crippen molar-refractivity contribution in [2.45, 2.75) is 6.61 Å². The SMILES string of the molecule is COc1ccc(-c2cc(CO)c(F)cn2)cc1. The van der Waals surface area contributed by atoms with Gasteiger partial charge in [0.1, 0.15) is 11.6 Å². The number of aliphatic hydroxyl groups is 1. The minimum Gasteiger partial charge on any atom is -0.497 e. The zero-order valence-electron chi connectivity index (χ0n) is 9.35. The third-order valence-electron chi connectivity index (χ3n) is 2.49. The molecule has 2 aromatic rings. The molecule has 1 N–H and O–H groups in total. The Bertz CT molecular complexity index is 511. The predicted molar refractivity (Wildman–Crippen MR) is 62.1 cm³/mol. The molecule has 0 spiro atoms. The van der Waals surface area contributed by atoms with E-state index in [1.54, 1.807) is 19.2 Å². The zero-order chi connectivity index (χ0) is 12.3. The second-order valence-electron chi connectivity index (χ2n) is 3.55. The highest BCUT2D eigenvalue weighted by Crippen LogP contribution is 2.22. The van der Waals surface area contributed by atoms with Crippen molar-refractivity contribution in [1.82, 2.24) is 4.98 Å². The molecule has 0 aliphatic rings. The van der Waals surface area contributed by atoms with Crippen molar-refractivity contribution >= 4 is 0 Å². The Morgan fingerprint density at radius 1 is 1.29 bits per heavy atom. The minimum absolute atomic E-state index is 0.241. The molecule has 0 fully saturated rings. The van der Waals surface area contributed by atoms with Crippen LogP contribution in [0.3, 0.4) is 0 Å². The first kappa shape index (κ1) is 11.5. The van der Waals surface area contributed by atoms with Crippen molar-refractivity contribution in [3.8, 4) is 17.0 Å². The highest BCUT2D eigenvalue weighted by molar-refractivity contribution is 5.60. The van der Waals surface area contributed by atoms with Crippen molar-refractivity contribution in [2.24, 2.45) is 0 Å². The van der Waals surface area contributed by atoms with Gasteiger partial charge in [0.15, 0.2) is 0 Å². The van der Waals surface area contributed by atoms with Gasteiger partial charge in [-0.1, -0.05) is 0 Å². The van der Waals surface area contributed by atoms with E-state index in [1.165, 1.54) is 6.07 Å². The first-order valence-corrected chi connectivity index (χ1v) is 5.14.